The lowest BCUT2D eigenvalue weighted by molar-refractivity contribution is -0.144. The van der Waals surface area contributed by atoms with Gasteiger partial charge in [0.2, 0.25) is 0 Å². The minimum absolute atomic E-state index is 0.0430. The molecule has 0 spiro atoms. The van der Waals surface area contributed by atoms with E-state index in [4.69, 9.17) is 27.9 Å². The number of ether oxygens (including phenoxy) is 1. The van der Waals surface area contributed by atoms with Crippen molar-refractivity contribution in [3.63, 3.8) is 0 Å². The molecule has 1 aromatic heterocycles. The summed E-state index contributed by atoms with van der Waals surface area (Å²) >= 11 is 11.8. The van der Waals surface area contributed by atoms with Crippen LogP contribution in [-0.4, -0.2) is 16.2 Å². The normalized spacial score (nSPS) is 10.8. The molecular formula is C17H12Cl2N2O3. The number of aromatic amines is 1. The fourth-order valence-corrected chi connectivity index (χ4v) is 2.61. The molecular weight excluding hydrogens is 351 g/mol. The third kappa shape index (κ3) is 3.58. The molecule has 1 N–H and O–H groups in total. The summed E-state index contributed by atoms with van der Waals surface area (Å²) in [4.78, 5) is 23.8. The number of aromatic nitrogens is 2. The first kappa shape index (κ1) is 16.5. The zero-order valence-corrected chi connectivity index (χ0v) is 13.9. The van der Waals surface area contributed by atoms with Crippen molar-refractivity contribution in [3.05, 3.63) is 74.1 Å². The summed E-state index contributed by atoms with van der Waals surface area (Å²) in [7, 11) is 0. The summed E-state index contributed by atoms with van der Waals surface area (Å²) < 4.78 is 5.23. The number of benzene rings is 2. The number of nitrogens with zero attached hydrogens (tertiary/aromatic N) is 1. The Labute approximate surface area is 147 Å². The van der Waals surface area contributed by atoms with Crippen LogP contribution in [0.4, 0.5) is 0 Å². The van der Waals surface area contributed by atoms with Gasteiger partial charge < -0.3 is 4.74 Å². The standard InChI is InChI=1S/C17H12Cl2N2O3/c18-13-6-5-10(7-14(13)19)9-24-16(22)8-15-11-3-1-2-4-12(11)17(23)21-20-15/h1-7H,8-9H2,(H,21,23). The molecule has 0 saturated carbocycles. The van der Waals surface area contributed by atoms with E-state index in [0.29, 0.717) is 26.5 Å². The minimum atomic E-state index is -0.453. The minimum Gasteiger partial charge on any atom is -0.461 e. The van der Waals surface area contributed by atoms with E-state index >= 15 is 0 Å². The maximum absolute atomic E-state index is 12.1. The van der Waals surface area contributed by atoms with Crippen LogP contribution in [0.15, 0.2) is 47.3 Å². The highest BCUT2D eigenvalue weighted by Gasteiger charge is 2.12. The van der Waals surface area contributed by atoms with Crippen molar-refractivity contribution in [2.24, 2.45) is 0 Å². The van der Waals surface area contributed by atoms with E-state index in [1.54, 1.807) is 42.5 Å². The molecule has 5 nitrogen and oxygen atoms in total. The maximum Gasteiger partial charge on any atom is 0.312 e. The van der Waals surface area contributed by atoms with Crippen LogP contribution in [0.5, 0.6) is 0 Å². The molecule has 3 rings (SSSR count). The van der Waals surface area contributed by atoms with E-state index in [9.17, 15) is 9.59 Å². The van der Waals surface area contributed by atoms with Crippen LogP contribution in [0.25, 0.3) is 10.8 Å². The Morgan fingerprint density at radius 1 is 1.08 bits per heavy atom. The number of carbonyl (C=O) groups is 1. The van der Waals surface area contributed by atoms with Crippen LogP contribution in [-0.2, 0) is 22.6 Å². The molecule has 0 amide bonds. The van der Waals surface area contributed by atoms with Crippen LogP contribution in [0.2, 0.25) is 10.0 Å². The summed E-state index contributed by atoms with van der Waals surface area (Å²) in [5, 5.41) is 8.30. The number of halogens is 2. The van der Waals surface area contributed by atoms with E-state index in [1.165, 1.54) is 0 Å². The van der Waals surface area contributed by atoms with Crippen molar-refractivity contribution < 1.29 is 9.53 Å². The van der Waals surface area contributed by atoms with Gasteiger partial charge in [0, 0.05) is 5.39 Å². The lowest BCUT2D eigenvalue weighted by Crippen LogP contribution is -2.15. The van der Waals surface area contributed by atoms with Gasteiger partial charge in [-0.2, -0.15) is 5.10 Å². The average molecular weight is 363 g/mol. The first-order chi connectivity index (χ1) is 11.5. The third-order valence-electron chi connectivity index (χ3n) is 3.47. The number of nitrogens with one attached hydrogen (secondary N) is 1. The molecule has 7 heteroatoms. The van der Waals surface area contributed by atoms with E-state index < -0.39 is 5.97 Å². The Bertz CT molecular complexity index is 969. The highest BCUT2D eigenvalue weighted by atomic mass is 35.5. The van der Waals surface area contributed by atoms with Gasteiger partial charge in [-0.05, 0) is 23.8 Å². The monoisotopic (exact) mass is 362 g/mol. The molecule has 122 valence electrons. The molecule has 0 atom stereocenters. The van der Waals surface area contributed by atoms with Gasteiger partial charge in [-0.25, -0.2) is 5.10 Å². The second kappa shape index (κ2) is 7.03. The predicted molar refractivity (Wildman–Crippen MR) is 92.3 cm³/mol. The van der Waals surface area contributed by atoms with Gasteiger partial charge in [-0.15, -0.1) is 0 Å². The Kier molecular flexibility index (Phi) is 4.83. The van der Waals surface area contributed by atoms with Crippen molar-refractivity contribution in [1.82, 2.24) is 10.2 Å². The molecule has 3 aromatic rings. The van der Waals surface area contributed by atoms with E-state index in [2.05, 4.69) is 10.2 Å². The number of rotatable bonds is 4. The molecule has 0 radical (unpaired) electrons. The van der Waals surface area contributed by atoms with E-state index in [0.717, 1.165) is 5.56 Å². The summed E-state index contributed by atoms with van der Waals surface area (Å²) in [6, 6.07) is 12.0. The second-order valence-electron chi connectivity index (χ2n) is 5.13. The topological polar surface area (TPSA) is 72.0 Å². The maximum atomic E-state index is 12.1. The van der Waals surface area contributed by atoms with Gasteiger partial charge in [0.25, 0.3) is 5.56 Å². The highest BCUT2D eigenvalue weighted by molar-refractivity contribution is 6.42. The third-order valence-corrected chi connectivity index (χ3v) is 4.21. The van der Waals surface area contributed by atoms with E-state index in [1.807, 2.05) is 0 Å². The molecule has 0 aliphatic heterocycles. The predicted octanol–water partition coefficient (Wildman–Crippen LogP) is 3.52. The van der Waals surface area contributed by atoms with Gasteiger partial charge in [0.1, 0.15) is 6.61 Å². The summed E-state index contributed by atoms with van der Waals surface area (Å²) in [6.45, 7) is 0.0804. The zero-order valence-electron chi connectivity index (χ0n) is 12.4. The first-order valence-corrected chi connectivity index (χ1v) is 7.86. The molecule has 0 aliphatic carbocycles. The summed E-state index contributed by atoms with van der Waals surface area (Å²) in [6.07, 6.45) is -0.0430. The van der Waals surface area contributed by atoms with Crippen LogP contribution >= 0.6 is 23.2 Å². The van der Waals surface area contributed by atoms with Crippen molar-refractivity contribution in [3.8, 4) is 0 Å². The number of esters is 1. The molecule has 2 aromatic carbocycles. The Morgan fingerprint density at radius 2 is 1.83 bits per heavy atom. The Hall–Kier alpha value is -2.37. The van der Waals surface area contributed by atoms with Crippen molar-refractivity contribution >= 4 is 39.9 Å². The Balaban J connectivity index is 1.72. The average Bonchev–Trinajstić information content (AvgIpc) is 2.59. The number of carbonyl (C=O) groups excluding carboxylic acids is 1. The van der Waals surface area contributed by atoms with Gasteiger partial charge in [0.05, 0.1) is 27.5 Å². The molecule has 0 bridgehead atoms. The molecule has 0 fully saturated rings. The van der Waals surface area contributed by atoms with Crippen molar-refractivity contribution in [2.45, 2.75) is 13.0 Å². The Morgan fingerprint density at radius 3 is 2.58 bits per heavy atom. The van der Waals surface area contributed by atoms with Gasteiger partial charge >= 0.3 is 5.97 Å². The fraction of sp³-hybridized carbons (Fsp3) is 0.118. The van der Waals surface area contributed by atoms with Crippen LogP contribution in [0.1, 0.15) is 11.3 Å². The largest absolute Gasteiger partial charge is 0.461 e. The number of H-pyrrole nitrogens is 1. The number of hydrogen-bond acceptors (Lipinski definition) is 4. The zero-order chi connectivity index (χ0) is 17.1. The SMILES string of the molecule is O=C(Cc1n[nH]c(=O)c2ccccc12)OCc1ccc(Cl)c(Cl)c1. The van der Waals surface area contributed by atoms with Crippen LogP contribution in [0.3, 0.4) is 0 Å². The molecule has 0 unspecified atom stereocenters. The number of fused-ring (bicyclic) bond motifs is 1. The van der Waals surface area contributed by atoms with Gasteiger partial charge in [-0.1, -0.05) is 47.5 Å². The molecule has 0 saturated heterocycles. The summed E-state index contributed by atoms with van der Waals surface area (Å²) in [5.41, 5.74) is 0.903. The smallest absolute Gasteiger partial charge is 0.312 e. The molecule has 0 aliphatic rings. The quantitative estimate of drug-likeness (QED) is 0.720. The van der Waals surface area contributed by atoms with Crippen LogP contribution in [0, 0.1) is 0 Å². The fourth-order valence-electron chi connectivity index (χ4n) is 2.29. The van der Waals surface area contributed by atoms with Crippen molar-refractivity contribution in [1.29, 1.82) is 0 Å². The lowest BCUT2D eigenvalue weighted by atomic mass is 10.1. The lowest BCUT2D eigenvalue weighted by Gasteiger charge is -2.07. The van der Waals surface area contributed by atoms with Gasteiger partial charge in [-0.3, -0.25) is 9.59 Å². The van der Waals surface area contributed by atoms with E-state index in [-0.39, 0.29) is 18.6 Å². The highest BCUT2D eigenvalue weighted by Crippen LogP contribution is 2.23. The second-order valence-corrected chi connectivity index (χ2v) is 5.95. The summed E-state index contributed by atoms with van der Waals surface area (Å²) in [5.74, 6) is -0.453. The first-order valence-electron chi connectivity index (χ1n) is 7.10. The molecule has 1 heterocycles. The number of hydrogen-bond donors (Lipinski definition) is 1. The molecule has 24 heavy (non-hydrogen) atoms. The van der Waals surface area contributed by atoms with Gasteiger partial charge in [0.15, 0.2) is 0 Å². The van der Waals surface area contributed by atoms with Crippen molar-refractivity contribution in [2.75, 3.05) is 0 Å². The van der Waals surface area contributed by atoms with Crippen LogP contribution < -0.4 is 5.56 Å².